The van der Waals surface area contributed by atoms with Crippen LogP contribution in [-0.2, 0) is 14.4 Å². The molecule has 31 heavy (non-hydrogen) atoms. The minimum absolute atomic E-state index is 0.0257. The van der Waals surface area contributed by atoms with Gasteiger partial charge < -0.3 is 21.3 Å². The second kappa shape index (κ2) is 7.47. The molecule has 3 rings (SSSR count). The molecule has 1 unspecified atom stereocenters. The number of carbonyl (C=O) groups excluding carboxylic acids is 3. The number of amides is 3. The van der Waals surface area contributed by atoms with Gasteiger partial charge in [-0.25, -0.2) is 0 Å². The van der Waals surface area contributed by atoms with Gasteiger partial charge in [-0.05, 0) is 49.4 Å². The number of piperidine rings is 1. The zero-order chi connectivity index (χ0) is 23.5. The van der Waals surface area contributed by atoms with Gasteiger partial charge in [0.25, 0.3) is 0 Å². The van der Waals surface area contributed by atoms with Gasteiger partial charge in [0.1, 0.15) is 12.1 Å². The molecule has 172 valence electrons. The van der Waals surface area contributed by atoms with Crippen LogP contribution in [0.25, 0.3) is 0 Å². The van der Waals surface area contributed by atoms with Gasteiger partial charge in [-0.1, -0.05) is 34.6 Å². The van der Waals surface area contributed by atoms with Gasteiger partial charge in [0.15, 0.2) is 0 Å². The van der Waals surface area contributed by atoms with Crippen molar-refractivity contribution in [3.63, 3.8) is 0 Å². The van der Waals surface area contributed by atoms with Crippen LogP contribution in [0.1, 0.15) is 61.3 Å². The van der Waals surface area contributed by atoms with Crippen molar-refractivity contribution >= 4 is 17.7 Å². The van der Waals surface area contributed by atoms with Gasteiger partial charge in [-0.2, -0.15) is 5.26 Å². The predicted octanol–water partition coefficient (Wildman–Crippen LogP) is 1.16. The van der Waals surface area contributed by atoms with Gasteiger partial charge in [0.2, 0.25) is 17.7 Å². The highest BCUT2D eigenvalue weighted by atomic mass is 16.2. The lowest BCUT2D eigenvalue weighted by Crippen LogP contribution is -2.57. The minimum atomic E-state index is -0.786. The molecular formula is C23H37N5O3. The number of rotatable bonds is 5. The summed E-state index contributed by atoms with van der Waals surface area (Å²) in [7, 11) is 0. The first-order valence-electron chi connectivity index (χ1n) is 11.2. The van der Waals surface area contributed by atoms with Gasteiger partial charge in [0, 0.05) is 18.0 Å². The highest BCUT2D eigenvalue weighted by Gasteiger charge is 2.69. The molecule has 4 N–H and O–H groups in total. The molecule has 3 aliphatic rings. The van der Waals surface area contributed by atoms with E-state index in [1.807, 2.05) is 34.6 Å². The third kappa shape index (κ3) is 4.30. The molecule has 0 aromatic heterocycles. The number of nitrogens with one attached hydrogen (secondary N) is 2. The van der Waals surface area contributed by atoms with Gasteiger partial charge >= 0.3 is 0 Å². The summed E-state index contributed by atoms with van der Waals surface area (Å²) < 4.78 is 0. The first-order valence-corrected chi connectivity index (χ1v) is 11.2. The summed E-state index contributed by atoms with van der Waals surface area (Å²) >= 11 is 0. The summed E-state index contributed by atoms with van der Waals surface area (Å²) in [5, 5.41) is 15.4. The third-order valence-electron chi connectivity index (χ3n) is 7.54. The van der Waals surface area contributed by atoms with Crippen LogP contribution in [-0.4, -0.2) is 52.8 Å². The van der Waals surface area contributed by atoms with Crippen molar-refractivity contribution in [2.75, 3.05) is 6.54 Å². The molecule has 2 saturated heterocycles. The first kappa shape index (κ1) is 23.5. The summed E-state index contributed by atoms with van der Waals surface area (Å²) in [5.74, 6) is -0.645. The van der Waals surface area contributed by atoms with Crippen molar-refractivity contribution in [3.05, 3.63) is 0 Å². The zero-order valence-electron chi connectivity index (χ0n) is 19.8. The lowest BCUT2D eigenvalue weighted by molar-refractivity contribution is -0.143. The number of nitriles is 1. The van der Waals surface area contributed by atoms with Gasteiger partial charge in [-0.15, -0.1) is 0 Å². The van der Waals surface area contributed by atoms with Crippen LogP contribution < -0.4 is 16.4 Å². The summed E-state index contributed by atoms with van der Waals surface area (Å²) in [6.07, 6.45) is 0.878. The Kier molecular flexibility index (Phi) is 5.67. The monoisotopic (exact) mass is 431 g/mol. The summed E-state index contributed by atoms with van der Waals surface area (Å²) in [5.41, 5.74) is 5.47. The van der Waals surface area contributed by atoms with Crippen molar-refractivity contribution in [3.8, 4) is 6.07 Å². The van der Waals surface area contributed by atoms with E-state index in [-0.39, 0.29) is 52.8 Å². The van der Waals surface area contributed by atoms with Gasteiger partial charge in [0.05, 0.1) is 12.1 Å². The van der Waals surface area contributed by atoms with Crippen molar-refractivity contribution in [1.82, 2.24) is 15.5 Å². The quantitative estimate of drug-likeness (QED) is 0.602. The number of nitrogens with zero attached hydrogens (tertiary/aromatic N) is 2. The average molecular weight is 432 g/mol. The fourth-order valence-corrected chi connectivity index (χ4v) is 5.43. The Morgan fingerprint density at radius 1 is 1.32 bits per heavy atom. The fraction of sp³-hybridized carbons (Fsp3) is 0.826. The number of carbonyl (C=O) groups is 3. The van der Waals surface area contributed by atoms with E-state index in [0.717, 1.165) is 0 Å². The molecule has 0 bridgehead atoms. The van der Waals surface area contributed by atoms with E-state index in [0.29, 0.717) is 13.0 Å². The SMILES string of the molecule is CC1(C)CC(C[C@@H](C#N)NC(=O)[C@@H]2[C@@H]3[C@H](CN2C(=O)[C@@H](N)C(C)(C)C)C3(C)C)C(=O)N1. The van der Waals surface area contributed by atoms with E-state index >= 15 is 0 Å². The van der Waals surface area contributed by atoms with Gasteiger partial charge in [-0.3, -0.25) is 14.4 Å². The Bertz CT molecular complexity index is 822. The Morgan fingerprint density at radius 3 is 2.42 bits per heavy atom. The van der Waals surface area contributed by atoms with Crippen LogP contribution in [0, 0.1) is 39.9 Å². The van der Waals surface area contributed by atoms with Crippen LogP contribution >= 0.6 is 0 Å². The van der Waals surface area contributed by atoms with E-state index in [4.69, 9.17) is 5.73 Å². The molecule has 2 heterocycles. The normalized spacial score (nSPS) is 32.5. The van der Waals surface area contributed by atoms with Crippen molar-refractivity contribution in [2.45, 2.75) is 85.0 Å². The molecule has 2 aliphatic heterocycles. The highest BCUT2D eigenvalue weighted by molar-refractivity contribution is 5.92. The molecule has 0 aromatic carbocycles. The van der Waals surface area contributed by atoms with Crippen molar-refractivity contribution < 1.29 is 14.4 Å². The molecule has 0 aromatic rings. The van der Waals surface area contributed by atoms with Crippen LogP contribution in [0.4, 0.5) is 0 Å². The number of nitrogens with two attached hydrogens (primary N) is 1. The molecule has 8 nitrogen and oxygen atoms in total. The maximum Gasteiger partial charge on any atom is 0.244 e. The smallest absolute Gasteiger partial charge is 0.244 e. The molecular weight excluding hydrogens is 394 g/mol. The molecule has 1 saturated carbocycles. The second-order valence-corrected chi connectivity index (χ2v) is 11.9. The van der Waals surface area contributed by atoms with E-state index in [1.54, 1.807) is 4.90 Å². The standard InChI is InChI=1S/C23H37N5O3/c1-21(2,3)17(25)20(31)28-11-14-15(23(14,6)7)16(28)19(30)26-13(10-24)8-12-9-22(4,5)27-18(12)29/h12-17H,8-9,11,25H2,1-7H3,(H,26,30)(H,27,29)/t12?,13-,14-,15-,16-,17+/m0/s1. The minimum Gasteiger partial charge on any atom is -0.351 e. The number of hydrogen-bond acceptors (Lipinski definition) is 5. The predicted molar refractivity (Wildman–Crippen MR) is 116 cm³/mol. The van der Waals surface area contributed by atoms with E-state index in [9.17, 15) is 19.6 Å². The highest BCUT2D eigenvalue weighted by Crippen LogP contribution is 2.65. The van der Waals surface area contributed by atoms with Crippen LogP contribution in [0.2, 0.25) is 0 Å². The van der Waals surface area contributed by atoms with Crippen LogP contribution in [0.5, 0.6) is 0 Å². The third-order valence-corrected chi connectivity index (χ3v) is 7.54. The van der Waals surface area contributed by atoms with Crippen LogP contribution in [0.3, 0.4) is 0 Å². The lowest BCUT2D eigenvalue weighted by Gasteiger charge is -2.35. The number of fused-ring (bicyclic) bond motifs is 1. The largest absolute Gasteiger partial charge is 0.351 e. The zero-order valence-corrected chi connectivity index (χ0v) is 19.8. The maximum absolute atomic E-state index is 13.3. The van der Waals surface area contributed by atoms with Crippen LogP contribution in [0.15, 0.2) is 0 Å². The topological polar surface area (TPSA) is 128 Å². The molecule has 0 spiro atoms. The molecule has 3 fully saturated rings. The van der Waals surface area contributed by atoms with E-state index < -0.39 is 23.5 Å². The first-order chi connectivity index (χ1) is 14.1. The molecule has 8 heteroatoms. The Morgan fingerprint density at radius 2 is 1.94 bits per heavy atom. The molecule has 3 amide bonds. The molecule has 6 atom stereocenters. The Balaban J connectivity index is 1.73. The summed E-state index contributed by atoms with van der Waals surface area (Å²) in [6.45, 7) is 14.3. The fourth-order valence-electron chi connectivity index (χ4n) is 5.43. The Hall–Kier alpha value is -2.14. The average Bonchev–Trinajstić information content (AvgIpc) is 2.96. The van der Waals surface area contributed by atoms with Crippen molar-refractivity contribution in [2.24, 2.45) is 34.3 Å². The van der Waals surface area contributed by atoms with E-state index in [1.165, 1.54) is 0 Å². The van der Waals surface area contributed by atoms with Crippen molar-refractivity contribution in [1.29, 1.82) is 5.26 Å². The summed E-state index contributed by atoms with van der Waals surface area (Å²) in [4.78, 5) is 40.3. The maximum atomic E-state index is 13.3. The Labute approximate surface area is 185 Å². The number of likely N-dealkylation sites (tertiary alicyclic amines) is 1. The molecule has 0 radical (unpaired) electrons. The second-order valence-electron chi connectivity index (χ2n) is 11.9. The summed E-state index contributed by atoms with van der Waals surface area (Å²) in [6, 6.07) is 0.00315. The lowest BCUT2D eigenvalue weighted by atomic mass is 9.86. The number of hydrogen-bond donors (Lipinski definition) is 3. The molecule has 1 aliphatic carbocycles. The van der Waals surface area contributed by atoms with E-state index in [2.05, 4.69) is 30.6 Å².